The van der Waals surface area contributed by atoms with Crippen molar-refractivity contribution in [2.75, 3.05) is 11.9 Å². The number of esters is 1. The topological polar surface area (TPSA) is 55.4 Å². The van der Waals surface area contributed by atoms with Gasteiger partial charge in [0.15, 0.2) is 0 Å². The van der Waals surface area contributed by atoms with Crippen LogP contribution in [-0.4, -0.2) is 18.5 Å². The first-order valence-electron chi connectivity index (χ1n) is 7.44. The summed E-state index contributed by atoms with van der Waals surface area (Å²) >= 11 is 7.27. The second-order valence-corrected chi connectivity index (χ2v) is 6.75. The third kappa shape index (κ3) is 4.46. The second kappa shape index (κ2) is 8.13. The van der Waals surface area contributed by atoms with Gasteiger partial charge in [0.05, 0.1) is 12.2 Å². The molecule has 0 unspecified atom stereocenters. The average molecular weight is 364 g/mol. The van der Waals surface area contributed by atoms with Crippen molar-refractivity contribution in [1.82, 2.24) is 0 Å². The predicted molar refractivity (Wildman–Crippen MR) is 98.9 cm³/mol. The third-order valence-electron chi connectivity index (χ3n) is 3.38. The summed E-state index contributed by atoms with van der Waals surface area (Å²) in [5, 5.41) is 3.86. The number of halogens is 1. The zero-order valence-corrected chi connectivity index (χ0v) is 15.3. The number of hydrogen-bond acceptors (Lipinski definition) is 4. The van der Waals surface area contributed by atoms with E-state index in [1.54, 1.807) is 25.1 Å². The molecule has 1 aromatic heterocycles. The Morgan fingerprint density at radius 3 is 2.75 bits per heavy atom. The van der Waals surface area contributed by atoms with Crippen molar-refractivity contribution in [2.24, 2.45) is 0 Å². The number of amides is 1. The monoisotopic (exact) mass is 363 g/mol. The first-order valence-corrected chi connectivity index (χ1v) is 8.63. The van der Waals surface area contributed by atoms with E-state index in [0.717, 1.165) is 16.0 Å². The van der Waals surface area contributed by atoms with E-state index in [0.29, 0.717) is 15.6 Å². The minimum absolute atomic E-state index is 0.287. The van der Waals surface area contributed by atoms with Crippen LogP contribution < -0.4 is 5.32 Å². The van der Waals surface area contributed by atoms with Gasteiger partial charge in [-0.3, -0.25) is 4.79 Å². The molecule has 0 radical (unpaired) electrons. The number of benzene rings is 1. The normalized spacial score (nSPS) is 10.8. The van der Waals surface area contributed by atoms with Crippen LogP contribution in [0.1, 0.15) is 33.3 Å². The molecule has 0 spiro atoms. The van der Waals surface area contributed by atoms with Gasteiger partial charge in [0.25, 0.3) is 0 Å². The summed E-state index contributed by atoms with van der Waals surface area (Å²) in [5.41, 5.74) is 2.07. The molecule has 0 aliphatic rings. The fourth-order valence-corrected chi connectivity index (χ4v) is 3.35. The summed E-state index contributed by atoms with van der Waals surface area (Å²) in [6.07, 6.45) is 3.07. The number of carbonyl (C=O) groups excluding carboxylic acids is 2. The van der Waals surface area contributed by atoms with Gasteiger partial charge in [-0.25, -0.2) is 4.79 Å². The van der Waals surface area contributed by atoms with Gasteiger partial charge in [-0.1, -0.05) is 23.7 Å². The number of ether oxygens (including phenoxy) is 1. The van der Waals surface area contributed by atoms with Crippen molar-refractivity contribution in [3.63, 3.8) is 0 Å². The molecule has 0 fully saturated rings. The molecule has 0 saturated carbocycles. The highest BCUT2D eigenvalue weighted by atomic mass is 35.5. The summed E-state index contributed by atoms with van der Waals surface area (Å²) in [6.45, 7) is 5.78. The van der Waals surface area contributed by atoms with E-state index in [4.69, 9.17) is 16.3 Å². The van der Waals surface area contributed by atoms with Gasteiger partial charge in [0, 0.05) is 16.0 Å². The number of aryl methyl sites for hydroxylation is 1. The number of carbonyl (C=O) groups is 2. The van der Waals surface area contributed by atoms with Crippen molar-refractivity contribution in [1.29, 1.82) is 0 Å². The fraction of sp³-hybridized carbons (Fsp3) is 0.222. The molecule has 1 amide bonds. The Morgan fingerprint density at radius 2 is 2.08 bits per heavy atom. The van der Waals surface area contributed by atoms with Gasteiger partial charge >= 0.3 is 5.97 Å². The van der Waals surface area contributed by atoms with E-state index < -0.39 is 5.97 Å². The lowest BCUT2D eigenvalue weighted by Gasteiger charge is -2.05. The summed E-state index contributed by atoms with van der Waals surface area (Å²) in [7, 11) is 0. The van der Waals surface area contributed by atoms with Gasteiger partial charge in [-0.2, -0.15) is 0 Å². The van der Waals surface area contributed by atoms with Crippen molar-refractivity contribution in [2.45, 2.75) is 20.8 Å². The average Bonchev–Trinajstić information content (AvgIpc) is 2.80. The third-order valence-corrected chi connectivity index (χ3v) is 4.74. The highest BCUT2D eigenvalue weighted by molar-refractivity contribution is 7.16. The number of anilines is 1. The van der Waals surface area contributed by atoms with E-state index in [9.17, 15) is 9.59 Å². The van der Waals surface area contributed by atoms with Gasteiger partial charge in [0.1, 0.15) is 5.00 Å². The molecular formula is C18H18ClNO3S. The van der Waals surface area contributed by atoms with Crippen molar-refractivity contribution in [3.8, 4) is 0 Å². The Labute approximate surface area is 150 Å². The van der Waals surface area contributed by atoms with Crippen LogP contribution in [0, 0.1) is 13.8 Å². The Balaban J connectivity index is 2.17. The van der Waals surface area contributed by atoms with E-state index in [1.807, 2.05) is 26.0 Å². The van der Waals surface area contributed by atoms with Gasteiger partial charge in [-0.15, -0.1) is 11.3 Å². The van der Waals surface area contributed by atoms with E-state index >= 15 is 0 Å². The molecule has 1 heterocycles. The van der Waals surface area contributed by atoms with E-state index in [1.165, 1.54) is 17.4 Å². The van der Waals surface area contributed by atoms with Gasteiger partial charge in [0.2, 0.25) is 5.91 Å². The van der Waals surface area contributed by atoms with Crippen LogP contribution in [-0.2, 0) is 9.53 Å². The maximum Gasteiger partial charge on any atom is 0.341 e. The largest absolute Gasteiger partial charge is 0.462 e. The molecule has 1 aromatic carbocycles. The minimum atomic E-state index is -0.423. The highest BCUT2D eigenvalue weighted by Crippen LogP contribution is 2.33. The van der Waals surface area contributed by atoms with Crippen LogP contribution in [0.3, 0.4) is 0 Å². The number of rotatable bonds is 5. The lowest BCUT2D eigenvalue weighted by atomic mass is 10.1. The number of thiophene rings is 1. The highest BCUT2D eigenvalue weighted by Gasteiger charge is 2.21. The Hall–Kier alpha value is -2.11. The first-order chi connectivity index (χ1) is 11.4. The van der Waals surface area contributed by atoms with Crippen molar-refractivity contribution >= 4 is 45.9 Å². The Bertz CT molecular complexity index is 796. The van der Waals surface area contributed by atoms with Crippen molar-refractivity contribution in [3.05, 3.63) is 56.9 Å². The van der Waals surface area contributed by atoms with E-state index in [2.05, 4.69) is 5.32 Å². The molecule has 4 nitrogen and oxygen atoms in total. The van der Waals surface area contributed by atoms with Crippen LogP contribution in [0.4, 0.5) is 5.00 Å². The molecule has 24 heavy (non-hydrogen) atoms. The molecule has 126 valence electrons. The Morgan fingerprint density at radius 1 is 1.33 bits per heavy atom. The molecule has 6 heteroatoms. The summed E-state index contributed by atoms with van der Waals surface area (Å²) < 4.78 is 5.07. The van der Waals surface area contributed by atoms with Crippen molar-refractivity contribution < 1.29 is 14.3 Å². The smallest absolute Gasteiger partial charge is 0.341 e. The quantitative estimate of drug-likeness (QED) is 0.610. The molecule has 2 rings (SSSR count). The SMILES string of the molecule is CCOC(=O)c1c(NC(=O)C=Cc2cccc(Cl)c2)sc(C)c1C. The standard InChI is InChI=1S/C18H18ClNO3S/c1-4-23-18(22)16-11(2)12(3)24-17(16)20-15(21)9-8-13-6-5-7-14(19)10-13/h5-10H,4H2,1-3H3,(H,20,21). The molecule has 0 atom stereocenters. The lowest BCUT2D eigenvalue weighted by Crippen LogP contribution is -2.12. The van der Waals surface area contributed by atoms with Crippen LogP contribution in [0.2, 0.25) is 5.02 Å². The second-order valence-electron chi connectivity index (χ2n) is 5.09. The Kier molecular flexibility index (Phi) is 6.17. The molecule has 0 saturated heterocycles. The maximum absolute atomic E-state index is 12.1. The maximum atomic E-state index is 12.1. The molecule has 0 bridgehead atoms. The van der Waals surface area contributed by atoms with Gasteiger partial charge < -0.3 is 10.1 Å². The van der Waals surface area contributed by atoms with Crippen LogP contribution in [0.15, 0.2) is 30.3 Å². The molecule has 1 N–H and O–H groups in total. The summed E-state index contributed by atoms with van der Waals surface area (Å²) in [5.74, 6) is -0.741. The minimum Gasteiger partial charge on any atom is -0.462 e. The first kappa shape index (κ1) is 18.2. The number of nitrogens with one attached hydrogen (secondary N) is 1. The molecular weight excluding hydrogens is 346 g/mol. The molecule has 0 aliphatic carbocycles. The summed E-state index contributed by atoms with van der Waals surface area (Å²) in [6, 6.07) is 7.18. The molecule has 0 aliphatic heterocycles. The van der Waals surface area contributed by atoms with Crippen LogP contribution >= 0.6 is 22.9 Å². The van der Waals surface area contributed by atoms with E-state index in [-0.39, 0.29) is 12.5 Å². The fourth-order valence-electron chi connectivity index (χ4n) is 2.10. The van der Waals surface area contributed by atoms with Gasteiger partial charge in [-0.05, 0) is 50.1 Å². The predicted octanol–water partition coefficient (Wildman–Crippen LogP) is 4.85. The van der Waals surface area contributed by atoms with Crippen LogP contribution in [0.5, 0.6) is 0 Å². The number of hydrogen-bond donors (Lipinski definition) is 1. The zero-order valence-electron chi connectivity index (χ0n) is 13.7. The van der Waals surface area contributed by atoms with Crippen LogP contribution in [0.25, 0.3) is 6.08 Å². The lowest BCUT2D eigenvalue weighted by molar-refractivity contribution is -0.111. The molecule has 2 aromatic rings. The zero-order chi connectivity index (χ0) is 17.7. The summed E-state index contributed by atoms with van der Waals surface area (Å²) in [4.78, 5) is 25.2.